The Hall–Kier alpha value is -1.74. The molecule has 1 saturated carbocycles. The Labute approximate surface area is 104 Å². The summed E-state index contributed by atoms with van der Waals surface area (Å²) in [6, 6.07) is 2.49. The molecule has 5 nitrogen and oxygen atoms in total. The van der Waals surface area contributed by atoms with Crippen LogP contribution in [0.1, 0.15) is 35.0 Å². The van der Waals surface area contributed by atoms with Crippen molar-refractivity contribution in [3.8, 4) is 6.07 Å². The van der Waals surface area contributed by atoms with E-state index in [1.54, 1.807) is 0 Å². The van der Waals surface area contributed by atoms with Crippen molar-refractivity contribution in [1.29, 1.82) is 5.26 Å². The van der Waals surface area contributed by atoms with Gasteiger partial charge >= 0.3 is 0 Å². The van der Waals surface area contributed by atoms with Gasteiger partial charge in [0.1, 0.15) is 21.5 Å². The van der Waals surface area contributed by atoms with Crippen LogP contribution in [0.3, 0.4) is 0 Å². The van der Waals surface area contributed by atoms with Crippen LogP contribution in [0.15, 0.2) is 0 Å². The summed E-state index contributed by atoms with van der Waals surface area (Å²) in [4.78, 5) is 12.2. The highest BCUT2D eigenvalue weighted by Crippen LogP contribution is 2.38. The molecule has 0 spiro atoms. The van der Waals surface area contributed by atoms with Gasteiger partial charge in [0.15, 0.2) is 0 Å². The van der Waals surface area contributed by atoms with E-state index in [0.29, 0.717) is 28.0 Å². The number of rotatable bonds is 4. The van der Waals surface area contributed by atoms with E-state index in [4.69, 9.17) is 11.0 Å². The van der Waals surface area contributed by atoms with Crippen LogP contribution in [-0.2, 0) is 0 Å². The largest absolute Gasteiger partial charge is 0.396 e. The van der Waals surface area contributed by atoms with Crippen molar-refractivity contribution >= 4 is 27.9 Å². The highest BCUT2D eigenvalue weighted by atomic mass is 32.1. The van der Waals surface area contributed by atoms with Gasteiger partial charge in [0.05, 0.1) is 5.69 Å². The molecule has 1 fully saturated rings. The monoisotopic (exact) mass is 250 g/mol. The molecule has 90 valence electrons. The minimum absolute atomic E-state index is 0.213. The number of carbonyl (C=O) groups excluding carboxylic acids is 1. The second-order valence-electron chi connectivity index (χ2n) is 3.94. The molecule has 1 amide bonds. The molecule has 1 aliphatic rings. The molecule has 0 saturated heterocycles. The van der Waals surface area contributed by atoms with Gasteiger partial charge in [-0.3, -0.25) is 4.79 Å². The van der Waals surface area contributed by atoms with Crippen molar-refractivity contribution in [3.63, 3.8) is 0 Å². The van der Waals surface area contributed by atoms with Gasteiger partial charge in [-0.05, 0) is 19.8 Å². The summed E-state index contributed by atoms with van der Waals surface area (Å²) in [5.74, 6) is -0.213. The molecule has 1 aliphatic carbocycles. The number of amides is 1. The first-order valence-electron chi connectivity index (χ1n) is 5.54. The summed E-state index contributed by atoms with van der Waals surface area (Å²) >= 11 is 1.26. The van der Waals surface area contributed by atoms with E-state index < -0.39 is 0 Å². The smallest absolute Gasteiger partial charge is 0.263 e. The number of carbonyl (C=O) groups is 1. The third-order valence-electron chi connectivity index (χ3n) is 2.51. The van der Waals surface area contributed by atoms with Gasteiger partial charge in [0.25, 0.3) is 5.91 Å². The number of nitrogens with zero attached hydrogens (tertiary/aromatic N) is 1. The van der Waals surface area contributed by atoms with Crippen LogP contribution < -0.4 is 16.4 Å². The van der Waals surface area contributed by atoms with E-state index in [2.05, 4.69) is 16.7 Å². The number of thiophene rings is 1. The number of nitrogens with two attached hydrogens (primary N) is 1. The molecular weight excluding hydrogens is 236 g/mol. The lowest BCUT2D eigenvalue weighted by Crippen LogP contribution is -2.22. The molecule has 4 N–H and O–H groups in total. The highest BCUT2D eigenvalue weighted by molar-refractivity contribution is 7.19. The van der Waals surface area contributed by atoms with Crippen molar-refractivity contribution in [3.05, 3.63) is 10.4 Å². The number of nitrogen functional groups attached to an aromatic ring is 1. The zero-order valence-corrected chi connectivity index (χ0v) is 10.4. The molecule has 2 rings (SSSR count). The van der Waals surface area contributed by atoms with Gasteiger partial charge < -0.3 is 16.4 Å². The second-order valence-corrected chi connectivity index (χ2v) is 4.96. The maximum absolute atomic E-state index is 11.7. The number of anilines is 2. The molecule has 0 bridgehead atoms. The predicted molar refractivity (Wildman–Crippen MR) is 68.1 cm³/mol. The molecule has 0 aliphatic heterocycles. The molecule has 1 heterocycles. The summed E-state index contributed by atoms with van der Waals surface area (Å²) in [5.41, 5.74) is 6.50. The Morgan fingerprint density at radius 3 is 2.88 bits per heavy atom. The van der Waals surface area contributed by atoms with E-state index >= 15 is 0 Å². The van der Waals surface area contributed by atoms with Crippen molar-refractivity contribution in [2.75, 3.05) is 17.6 Å². The van der Waals surface area contributed by atoms with Crippen LogP contribution in [0.4, 0.5) is 10.7 Å². The lowest BCUT2D eigenvalue weighted by atomic mass is 10.2. The molecule has 1 aromatic heterocycles. The van der Waals surface area contributed by atoms with Gasteiger partial charge in [-0.15, -0.1) is 11.3 Å². The number of nitriles is 1. The minimum atomic E-state index is -0.213. The summed E-state index contributed by atoms with van der Waals surface area (Å²) < 4.78 is 0. The molecule has 0 aromatic carbocycles. The molecule has 17 heavy (non-hydrogen) atoms. The maximum atomic E-state index is 11.7. The molecule has 0 unspecified atom stereocenters. The fourth-order valence-corrected chi connectivity index (χ4v) is 2.54. The molecule has 6 heteroatoms. The Bertz CT molecular complexity index is 484. The van der Waals surface area contributed by atoms with E-state index in [1.807, 2.05) is 6.92 Å². The summed E-state index contributed by atoms with van der Waals surface area (Å²) in [6.45, 7) is 2.39. The van der Waals surface area contributed by atoms with Crippen LogP contribution in [0, 0.1) is 11.3 Å². The Balaban J connectivity index is 2.30. The Morgan fingerprint density at radius 1 is 1.65 bits per heavy atom. The van der Waals surface area contributed by atoms with E-state index in [9.17, 15) is 4.79 Å². The second kappa shape index (κ2) is 4.63. The quantitative estimate of drug-likeness (QED) is 0.755. The first-order chi connectivity index (χ1) is 8.17. The topological polar surface area (TPSA) is 90.9 Å². The number of hydrogen-bond acceptors (Lipinski definition) is 5. The van der Waals surface area contributed by atoms with Crippen molar-refractivity contribution in [1.82, 2.24) is 5.32 Å². The fourth-order valence-electron chi connectivity index (χ4n) is 1.48. The van der Waals surface area contributed by atoms with E-state index in [-0.39, 0.29) is 11.6 Å². The number of nitrogens with one attached hydrogen (secondary N) is 2. The fraction of sp³-hybridized carbons (Fsp3) is 0.455. The SMILES string of the molecule is CCNC(=O)c1sc(NC2CC2)c(C#N)c1N. The van der Waals surface area contributed by atoms with Crippen LogP contribution in [0.25, 0.3) is 0 Å². The van der Waals surface area contributed by atoms with Gasteiger partial charge in [0.2, 0.25) is 0 Å². The standard InChI is InChI=1S/C11H14N4OS/c1-2-14-10(16)9-8(13)7(5-12)11(17-9)15-6-3-4-6/h6,15H,2-4,13H2,1H3,(H,14,16). The Morgan fingerprint density at radius 2 is 2.35 bits per heavy atom. The Kier molecular flexibility index (Phi) is 3.20. The molecule has 1 aromatic rings. The normalized spacial score (nSPS) is 14.1. The van der Waals surface area contributed by atoms with Gasteiger partial charge in [-0.2, -0.15) is 5.26 Å². The lowest BCUT2D eigenvalue weighted by molar-refractivity contribution is 0.0960. The predicted octanol–water partition coefficient (Wildman–Crippen LogP) is 1.53. The van der Waals surface area contributed by atoms with Crippen LogP contribution in [-0.4, -0.2) is 18.5 Å². The van der Waals surface area contributed by atoms with Gasteiger partial charge in [-0.25, -0.2) is 0 Å². The van der Waals surface area contributed by atoms with Crippen LogP contribution >= 0.6 is 11.3 Å². The zero-order chi connectivity index (χ0) is 12.4. The van der Waals surface area contributed by atoms with Gasteiger partial charge in [0, 0.05) is 12.6 Å². The number of hydrogen-bond donors (Lipinski definition) is 3. The third kappa shape index (κ3) is 2.34. The molecule has 0 atom stereocenters. The van der Waals surface area contributed by atoms with Crippen LogP contribution in [0.5, 0.6) is 0 Å². The first kappa shape index (κ1) is 11.7. The minimum Gasteiger partial charge on any atom is -0.396 e. The van der Waals surface area contributed by atoms with E-state index in [1.165, 1.54) is 11.3 Å². The lowest BCUT2D eigenvalue weighted by Gasteiger charge is -1.99. The molecular formula is C11H14N4OS. The third-order valence-corrected chi connectivity index (χ3v) is 3.65. The average Bonchev–Trinajstić information content (AvgIpc) is 3.04. The first-order valence-corrected chi connectivity index (χ1v) is 6.36. The van der Waals surface area contributed by atoms with Crippen molar-refractivity contribution in [2.45, 2.75) is 25.8 Å². The van der Waals surface area contributed by atoms with Crippen LogP contribution in [0.2, 0.25) is 0 Å². The molecule has 0 radical (unpaired) electrons. The summed E-state index contributed by atoms with van der Waals surface area (Å²) in [7, 11) is 0. The summed E-state index contributed by atoms with van der Waals surface area (Å²) in [5, 5.41) is 15.7. The maximum Gasteiger partial charge on any atom is 0.263 e. The average molecular weight is 250 g/mol. The van der Waals surface area contributed by atoms with E-state index in [0.717, 1.165) is 12.8 Å². The zero-order valence-electron chi connectivity index (χ0n) is 9.54. The highest BCUT2D eigenvalue weighted by Gasteiger charge is 2.26. The van der Waals surface area contributed by atoms with Crippen molar-refractivity contribution in [2.24, 2.45) is 0 Å². The van der Waals surface area contributed by atoms with Gasteiger partial charge in [-0.1, -0.05) is 0 Å². The van der Waals surface area contributed by atoms with Crippen molar-refractivity contribution < 1.29 is 4.79 Å². The summed E-state index contributed by atoms with van der Waals surface area (Å²) in [6.07, 6.45) is 2.22.